The topological polar surface area (TPSA) is 61.1 Å². The molecule has 0 aliphatic rings. The lowest BCUT2D eigenvalue weighted by molar-refractivity contribution is -0.127. The van der Waals surface area contributed by atoms with E-state index in [-0.39, 0.29) is 42.5 Å². The second-order valence-corrected chi connectivity index (χ2v) is 5.59. The number of aliphatic imine (C=N–C) groups is 1. The molecule has 1 aromatic rings. The number of likely N-dealkylation sites (N-methyl/N-ethyl adjacent to an activating group) is 1. The van der Waals surface area contributed by atoms with E-state index < -0.39 is 0 Å². The third-order valence-electron chi connectivity index (χ3n) is 3.02. The average molecular weight is 422 g/mol. The molecule has 7 heteroatoms. The lowest BCUT2D eigenvalue weighted by atomic mass is 10.2. The molecule has 1 heterocycles. The van der Waals surface area contributed by atoms with Crippen molar-refractivity contribution in [3.63, 3.8) is 0 Å². The molecule has 0 bridgehead atoms. The Morgan fingerprint density at radius 3 is 2.45 bits per heavy atom. The summed E-state index contributed by atoms with van der Waals surface area (Å²) in [6.07, 6.45) is 1.68. The molecule has 126 valence electrons. The first-order valence-corrected chi connectivity index (χ1v) is 7.06. The van der Waals surface area contributed by atoms with E-state index in [9.17, 15) is 4.79 Å². The van der Waals surface area contributed by atoms with Gasteiger partial charge in [0.25, 0.3) is 0 Å². The van der Waals surface area contributed by atoms with Crippen molar-refractivity contribution in [3.8, 4) is 0 Å². The number of amides is 1. The summed E-state index contributed by atoms with van der Waals surface area (Å²) in [7, 11) is 5.40. The van der Waals surface area contributed by atoms with Gasteiger partial charge in [0.15, 0.2) is 5.96 Å². The molecule has 0 unspecified atom stereocenters. The second-order valence-electron chi connectivity index (χ2n) is 5.59. The Balaban J connectivity index is 0.00000441. The maximum Gasteiger partial charge on any atom is 0.243 e. The van der Waals surface area contributed by atoms with Crippen molar-refractivity contribution in [2.75, 3.05) is 27.7 Å². The van der Waals surface area contributed by atoms with Crippen molar-refractivity contribution < 1.29 is 9.21 Å². The number of rotatable bonds is 5. The van der Waals surface area contributed by atoms with Crippen molar-refractivity contribution in [3.05, 3.63) is 23.7 Å². The summed E-state index contributed by atoms with van der Waals surface area (Å²) < 4.78 is 5.31. The smallest absolute Gasteiger partial charge is 0.243 e. The third kappa shape index (κ3) is 6.67. The van der Waals surface area contributed by atoms with Crippen LogP contribution >= 0.6 is 24.0 Å². The van der Waals surface area contributed by atoms with Crippen LogP contribution in [-0.4, -0.2) is 55.4 Å². The molecule has 0 atom stereocenters. The van der Waals surface area contributed by atoms with Gasteiger partial charge in [0, 0.05) is 39.3 Å². The lowest BCUT2D eigenvalue weighted by Crippen LogP contribution is -2.42. The summed E-state index contributed by atoms with van der Waals surface area (Å²) in [6.45, 7) is 6.83. The van der Waals surface area contributed by atoms with Crippen LogP contribution in [-0.2, 0) is 11.3 Å². The Bertz CT molecular complexity index is 497. The zero-order valence-corrected chi connectivity index (χ0v) is 16.5. The van der Waals surface area contributed by atoms with Gasteiger partial charge in [-0.05, 0) is 26.8 Å². The quantitative estimate of drug-likeness (QED) is 0.449. The van der Waals surface area contributed by atoms with Crippen molar-refractivity contribution in [2.24, 2.45) is 4.99 Å². The summed E-state index contributed by atoms with van der Waals surface area (Å²) in [6, 6.07) is 2.19. The predicted molar refractivity (Wildman–Crippen MR) is 99.6 cm³/mol. The molecule has 1 aromatic heterocycles. The number of carbonyl (C=O) groups excluding carboxylic acids is 1. The number of nitrogens with zero attached hydrogens (tertiary/aromatic N) is 3. The van der Waals surface area contributed by atoms with E-state index in [1.165, 1.54) is 4.90 Å². The van der Waals surface area contributed by atoms with Crippen LogP contribution in [0, 0.1) is 6.92 Å². The first-order valence-electron chi connectivity index (χ1n) is 7.06. The van der Waals surface area contributed by atoms with E-state index in [0.29, 0.717) is 12.5 Å². The molecule has 0 aromatic carbocycles. The fourth-order valence-electron chi connectivity index (χ4n) is 1.72. The van der Waals surface area contributed by atoms with E-state index in [1.807, 2.05) is 38.8 Å². The zero-order chi connectivity index (χ0) is 16.0. The van der Waals surface area contributed by atoms with Crippen LogP contribution in [0.3, 0.4) is 0 Å². The van der Waals surface area contributed by atoms with Crippen molar-refractivity contribution >= 4 is 35.8 Å². The molecule has 0 aliphatic carbocycles. The number of carbonyl (C=O) groups is 1. The van der Waals surface area contributed by atoms with Crippen LogP contribution in [0.15, 0.2) is 21.7 Å². The fraction of sp³-hybridized carbons (Fsp3) is 0.600. The maximum absolute atomic E-state index is 11.7. The van der Waals surface area contributed by atoms with Gasteiger partial charge in [-0.1, -0.05) is 0 Å². The minimum atomic E-state index is -0.0223. The normalized spacial score (nSPS) is 11.1. The third-order valence-corrected chi connectivity index (χ3v) is 3.02. The van der Waals surface area contributed by atoms with Crippen LogP contribution < -0.4 is 5.32 Å². The fourth-order valence-corrected chi connectivity index (χ4v) is 1.72. The van der Waals surface area contributed by atoms with E-state index in [0.717, 1.165) is 11.3 Å². The molecule has 1 amide bonds. The number of aryl methyl sites for hydroxylation is 1. The minimum absolute atomic E-state index is 0. The molecule has 6 nitrogen and oxygen atoms in total. The van der Waals surface area contributed by atoms with E-state index in [2.05, 4.69) is 10.3 Å². The number of guanidine groups is 1. The number of halogens is 1. The Morgan fingerprint density at radius 2 is 2.00 bits per heavy atom. The van der Waals surface area contributed by atoms with Gasteiger partial charge >= 0.3 is 0 Å². The number of nitrogens with one attached hydrogen (secondary N) is 1. The van der Waals surface area contributed by atoms with Crippen molar-refractivity contribution in [1.29, 1.82) is 0 Å². The molecule has 0 aliphatic heterocycles. The van der Waals surface area contributed by atoms with Crippen molar-refractivity contribution in [1.82, 2.24) is 15.1 Å². The summed E-state index contributed by atoms with van der Waals surface area (Å²) >= 11 is 0. The molecule has 0 fully saturated rings. The molecular weight excluding hydrogens is 395 g/mol. The number of hydrogen-bond acceptors (Lipinski definition) is 3. The molecule has 1 N–H and O–H groups in total. The zero-order valence-electron chi connectivity index (χ0n) is 14.2. The van der Waals surface area contributed by atoms with Gasteiger partial charge in [-0.15, -0.1) is 24.0 Å². The Morgan fingerprint density at radius 1 is 1.36 bits per heavy atom. The van der Waals surface area contributed by atoms with Gasteiger partial charge < -0.3 is 19.5 Å². The summed E-state index contributed by atoms with van der Waals surface area (Å²) in [4.78, 5) is 19.6. The SMILES string of the molecule is Cc1occc1CN(C)C(=NCC(=O)N(C)C)NC(C)C.I. The molecule has 0 spiro atoms. The van der Waals surface area contributed by atoms with Crippen molar-refractivity contribution in [2.45, 2.75) is 33.4 Å². The van der Waals surface area contributed by atoms with Crippen LogP contribution in [0.1, 0.15) is 25.2 Å². The Labute approximate surface area is 150 Å². The Kier molecular flexibility index (Phi) is 9.15. The van der Waals surface area contributed by atoms with Gasteiger partial charge in [0.2, 0.25) is 5.91 Å². The standard InChI is InChI=1S/C15H26N4O2.HI/c1-11(2)17-15(16-9-14(20)18(4)5)19(6)10-13-7-8-21-12(13)3;/h7-8,11H,9-10H2,1-6H3,(H,16,17);1H. The highest BCUT2D eigenvalue weighted by Crippen LogP contribution is 2.11. The maximum atomic E-state index is 11.7. The van der Waals surface area contributed by atoms with Crippen LogP contribution in [0.5, 0.6) is 0 Å². The van der Waals surface area contributed by atoms with E-state index >= 15 is 0 Å². The average Bonchev–Trinajstić information content (AvgIpc) is 2.79. The number of hydrogen-bond donors (Lipinski definition) is 1. The van der Waals surface area contributed by atoms with Gasteiger partial charge in [0.05, 0.1) is 6.26 Å². The lowest BCUT2D eigenvalue weighted by Gasteiger charge is -2.24. The van der Waals surface area contributed by atoms with Gasteiger partial charge in [0.1, 0.15) is 12.3 Å². The second kappa shape index (κ2) is 9.70. The summed E-state index contributed by atoms with van der Waals surface area (Å²) in [5.41, 5.74) is 1.11. The van der Waals surface area contributed by atoms with E-state index in [1.54, 1.807) is 20.4 Å². The highest BCUT2D eigenvalue weighted by molar-refractivity contribution is 14.0. The first kappa shape index (κ1) is 20.8. The highest BCUT2D eigenvalue weighted by atomic mass is 127. The molecule has 0 saturated heterocycles. The predicted octanol–water partition coefficient (Wildman–Crippen LogP) is 2.08. The minimum Gasteiger partial charge on any atom is -0.469 e. The van der Waals surface area contributed by atoms with E-state index in [4.69, 9.17) is 4.42 Å². The Hall–Kier alpha value is -1.25. The molecule has 1 rings (SSSR count). The first-order chi connectivity index (χ1) is 9.81. The van der Waals surface area contributed by atoms with Crippen LogP contribution in [0.4, 0.5) is 0 Å². The summed E-state index contributed by atoms with van der Waals surface area (Å²) in [5.74, 6) is 1.59. The van der Waals surface area contributed by atoms with Gasteiger partial charge in [-0.3, -0.25) is 4.79 Å². The van der Waals surface area contributed by atoms with Crippen LogP contribution in [0.2, 0.25) is 0 Å². The van der Waals surface area contributed by atoms with Crippen LogP contribution in [0.25, 0.3) is 0 Å². The monoisotopic (exact) mass is 422 g/mol. The molecule has 0 radical (unpaired) electrons. The summed E-state index contributed by atoms with van der Waals surface area (Å²) in [5, 5.41) is 3.28. The highest BCUT2D eigenvalue weighted by Gasteiger charge is 2.12. The number of furan rings is 1. The molecular formula is C15H27IN4O2. The largest absolute Gasteiger partial charge is 0.469 e. The molecule has 22 heavy (non-hydrogen) atoms. The van der Waals surface area contributed by atoms with Gasteiger partial charge in [-0.25, -0.2) is 4.99 Å². The molecule has 0 saturated carbocycles. The van der Waals surface area contributed by atoms with Gasteiger partial charge in [-0.2, -0.15) is 0 Å².